The Morgan fingerprint density at radius 2 is 0.805 bits per heavy atom. The van der Waals surface area contributed by atoms with E-state index in [1.807, 2.05) is 27.7 Å². The Morgan fingerprint density at radius 3 is 1.07 bits per heavy atom. The van der Waals surface area contributed by atoms with Crippen LogP contribution in [0.5, 0.6) is 0 Å². The molecule has 0 saturated carbocycles. The second-order valence-electron chi connectivity index (χ2n) is 9.57. The van der Waals surface area contributed by atoms with Gasteiger partial charge in [0.1, 0.15) is 0 Å². The van der Waals surface area contributed by atoms with Crippen molar-refractivity contribution in [2.75, 3.05) is 13.1 Å². The van der Waals surface area contributed by atoms with Crippen molar-refractivity contribution in [3.8, 4) is 0 Å². The molecule has 0 rings (SSSR count). The van der Waals surface area contributed by atoms with Gasteiger partial charge in [0.05, 0.1) is 24.0 Å². The Hall–Kier alpha value is -2.56. The third-order valence-corrected chi connectivity index (χ3v) is 5.63. The van der Waals surface area contributed by atoms with Crippen molar-refractivity contribution in [1.82, 2.24) is 21.3 Å². The Bertz CT molecular complexity index is 705. The van der Waals surface area contributed by atoms with Gasteiger partial charge < -0.3 is 41.1 Å². The summed E-state index contributed by atoms with van der Waals surface area (Å²) in [5.74, 6) is -3.02. The van der Waals surface area contributed by atoms with Gasteiger partial charge in [0, 0.05) is 38.8 Å². The fraction of sp³-hybridized carbons (Fsp3) is 0.786. The predicted octanol–water partition coefficient (Wildman–Crippen LogP) is 0.213. The van der Waals surface area contributed by atoms with Gasteiger partial charge in [-0.2, -0.15) is 0 Å². The van der Waals surface area contributed by atoms with Crippen LogP contribution in [0.4, 0.5) is 0 Å². The summed E-state index contributed by atoms with van der Waals surface area (Å²) < 4.78 is 0. The summed E-state index contributed by atoms with van der Waals surface area (Å²) >= 11 is 0. The first-order valence-corrected chi connectivity index (χ1v) is 14.6. The molecule has 41 heavy (non-hydrogen) atoms. The molecule has 0 aliphatic heterocycles. The number of carboxylic acids is 2. The molecule has 0 fully saturated rings. The van der Waals surface area contributed by atoms with Gasteiger partial charge in [0.2, 0.25) is 23.6 Å². The molecule has 232 valence electrons. The van der Waals surface area contributed by atoms with Crippen LogP contribution in [0.2, 0.25) is 0 Å². The van der Waals surface area contributed by atoms with Gasteiger partial charge in [0.15, 0.2) is 0 Å². The van der Waals surface area contributed by atoms with E-state index < -0.39 is 24.0 Å². The van der Waals surface area contributed by atoms with Crippen LogP contribution in [-0.2, 0) is 48.2 Å². The number of amides is 4. The number of unbranched alkanes of at least 4 members (excludes halogenated alkanes) is 2. The summed E-state index contributed by atoms with van der Waals surface area (Å²) in [6.45, 7) is 8.63. The van der Waals surface area contributed by atoms with Crippen LogP contribution in [-0.4, -0.2) is 60.7 Å². The molecule has 0 radical (unpaired) electrons. The number of carbonyl (C=O) groups excluding carboxylic acids is 6. The molecule has 0 aromatic carbocycles. The van der Waals surface area contributed by atoms with Crippen LogP contribution in [0.1, 0.15) is 118 Å². The average Bonchev–Trinajstić information content (AvgIpc) is 2.87. The van der Waals surface area contributed by atoms with Crippen molar-refractivity contribution in [3.05, 3.63) is 0 Å². The van der Waals surface area contributed by atoms with Crippen molar-refractivity contribution >= 4 is 35.6 Å². The second-order valence-corrected chi connectivity index (χ2v) is 9.57. The van der Waals surface area contributed by atoms with E-state index in [9.17, 15) is 39.0 Å². The summed E-state index contributed by atoms with van der Waals surface area (Å²) in [7, 11) is 0. The van der Waals surface area contributed by atoms with Crippen molar-refractivity contribution in [2.24, 2.45) is 0 Å². The zero-order chi connectivity index (χ0) is 30.8. The van der Waals surface area contributed by atoms with Gasteiger partial charge >= 0.3 is 19.5 Å². The quantitative estimate of drug-likeness (QED) is 0.0956. The van der Waals surface area contributed by atoms with Crippen molar-refractivity contribution < 1.29 is 58.5 Å². The molecule has 0 aromatic rings. The van der Waals surface area contributed by atoms with Crippen molar-refractivity contribution in [3.63, 3.8) is 0 Å². The van der Waals surface area contributed by atoms with Gasteiger partial charge in [-0.1, -0.05) is 27.7 Å². The summed E-state index contributed by atoms with van der Waals surface area (Å²) in [5, 5.41) is 32.2. The Morgan fingerprint density at radius 1 is 0.512 bits per heavy atom. The summed E-state index contributed by atoms with van der Waals surface area (Å²) in [6, 6.07) is -1.89. The van der Waals surface area contributed by atoms with Gasteiger partial charge in [-0.25, -0.2) is 0 Å². The topological polar surface area (TPSA) is 197 Å². The van der Waals surface area contributed by atoms with Gasteiger partial charge in [-0.15, -0.1) is 0 Å². The van der Waals surface area contributed by atoms with Gasteiger partial charge in [-0.3, -0.25) is 19.2 Å². The molecular weight excluding hydrogens is 586 g/mol. The van der Waals surface area contributed by atoms with E-state index in [4.69, 9.17) is 0 Å². The first kappa shape index (κ1) is 42.9. The normalized spacial score (nSPS) is 11.4. The molecule has 0 heterocycles. The molecule has 0 aliphatic carbocycles. The molecule has 0 spiro atoms. The minimum atomic E-state index is -1.26. The summed E-state index contributed by atoms with van der Waals surface area (Å²) in [5.41, 5.74) is 0. The van der Waals surface area contributed by atoms with Crippen LogP contribution >= 0.6 is 0 Å². The predicted molar refractivity (Wildman–Crippen MR) is 147 cm³/mol. The van der Waals surface area contributed by atoms with E-state index in [1.165, 1.54) is 0 Å². The molecule has 13 heteroatoms. The molecule has 0 saturated heterocycles. The number of hydrogen-bond donors (Lipinski definition) is 4. The average molecular weight is 636 g/mol. The fourth-order valence-electron chi connectivity index (χ4n) is 3.52. The Balaban J connectivity index is -0.000000688. The molecule has 0 aliphatic rings. The summed E-state index contributed by atoms with van der Waals surface area (Å²) in [6.07, 6.45) is 7.84. The van der Waals surface area contributed by atoms with E-state index in [0.717, 1.165) is 12.8 Å². The Labute approximate surface area is 257 Å². The monoisotopic (exact) mass is 634 g/mol. The zero-order valence-corrected chi connectivity index (χ0v) is 28.4. The molecule has 2 atom stereocenters. The van der Waals surface area contributed by atoms with Crippen molar-refractivity contribution in [1.29, 1.82) is 0 Å². The molecule has 0 aromatic heterocycles. The van der Waals surface area contributed by atoms with Crippen LogP contribution < -0.4 is 31.5 Å². The molecule has 0 bridgehead atoms. The largest absolute Gasteiger partial charge is 2.00 e. The van der Waals surface area contributed by atoms with Crippen LogP contribution in [0.15, 0.2) is 0 Å². The Kier molecular flexibility index (Phi) is 30.3. The summed E-state index contributed by atoms with van der Waals surface area (Å²) in [4.78, 5) is 66.9. The molecule has 0 unspecified atom stereocenters. The SMILES string of the molecule is CCCC(=O)NCCCC[C@H](NC(=O)CCC)C(=O)[O-].CCCC(=O)NCCCC[C@H](NC(=O)CCC)C(=O)[O-].[Zn+2]. The first-order valence-electron chi connectivity index (χ1n) is 14.6. The van der Waals surface area contributed by atoms with E-state index >= 15 is 0 Å². The second kappa shape index (κ2) is 29.0. The standard InChI is InChI=1S/2C14H26N2O4.Zn/c2*1-3-7-12(17)15-10-6-5-9-11(14(19)20)16-13(18)8-4-2;/h2*11H,3-10H2,1-2H3,(H,15,17)(H,16,18)(H,19,20);/q;;+2/p-2/t2*11-;/m00./s1. The van der Waals surface area contributed by atoms with E-state index in [2.05, 4.69) is 21.3 Å². The number of carboxylic acid groups (broad SMARTS) is 2. The third-order valence-electron chi connectivity index (χ3n) is 5.63. The number of hydrogen-bond acceptors (Lipinski definition) is 8. The van der Waals surface area contributed by atoms with Gasteiger partial charge in [0.25, 0.3) is 0 Å². The van der Waals surface area contributed by atoms with E-state index in [1.54, 1.807) is 0 Å². The smallest absolute Gasteiger partial charge is 0.548 e. The minimum Gasteiger partial charge on any atom is -0.548 e. The van der Waals surface area contributed by atoms with Crippen LogP contribution in [0.3, 0.4) is 0 Å². The number of nitrogens with one attached hydrogen (secondary N) is 4. The number of carbonyl (C=O) groups is 6. The van der Waals surface area contributed by atoms with Gasteiger partial charge in [-0.05, 0) is 64.2 Å². The molecular formula is C28H50N4O8Zn. The van der Waals surface area contributed by atoms with E-state index in [-0.39, 0.29) is 43.1 Å². The molecule has 4 amide bonds. The molecule has 12 nitrogen and oxygen atoms in total. The third kappa shape index (κ3) is 27.4. The fourth-order valence-corrected chi connectivity index (χ4v) is 3.52. The molecule has 4 N–H and O–H groups in total. The maximum atomic E-state index is 11.3. The minimum absolute atomic E-state index is 0. The maximum Gasteiger partial charge on any atom is 2.00 e. The number of rotatable bonds is 22. The van der Waals surface area contributed by atoms with Crippen LogP contribution in [0, 0.1) is 0 Å². The first-order chi connectivity index (χ1) is 19.0. The zero-order valence-electron chi connectivity index (χ0n) is 25.4. The van der Waals surface area contributed by atoms with Crippen molar-refractivity contribution in [2.45, 2.75) is 130 Å². The maximum absolute atomic E-state index is 11.3. The van der Waals surface area contributed by atoms with E-state index in [0.29, 0.717) is 90.1 Å². The van der Waals surface area contributed by atoms with Crippen LogP contribution in [0.25, 0.3) is 0 Å². The number of aliphatic carboxylic acids is 2.